The van der Waals surface area contributed by atoms with E-state index in [1.807, 2.05) is 0 Å². The Balaban J connectivity index is 2.63. The molecule has 16 heavy (non-hydrogen) atoms. The number of hydrogen-bond acceptors (Lipinski definition) is 5. The number of carbonyl (C=O) groups excluding carboxylic acids is 1. The summed E-state index contributed by atoms with van der Waals surface area (Å²) in [6, 6.07) is 0. The third-order valence-electron chi connectivity index (χ3n) is 3.10. The highest BCUT2D eigenvalue weighted by Crippen LogP contribution is 2.26. The van der Waals surface area contributed by atoms with Crippen LogP contribution in [0.15, 0.2) is 0 Å². The van der Waals surface area contributed by atoms with Gasteiger partial charge in [-0.05, 0) is 25.8 Å². The predicted octanol–water partition coefficient (Wildman–Crippen LogP) is -0.180. The van der Waals surface area contributed by atoms with E-state index in [0.29, 0.717) is 19.4 Å². The van der Waals surface area contributed by atoms with E-state index < -0.39 is 9.84 Å². The topological polar surface area (TPSA) is 72.5 Å². The van der Waals surface area contributed by atoms with Gasteiger partial charge in [-0.1, -0.05) is 0 Å². The van der Waals surface area contributed by atoms with E-state index in [1.54, 1.807) is 7.05 Å². The summed E-state index contributed by atoms with van der Waals surface area (Å²) < 4.78 is 27.3. The Morgan fingerprint density at radius 2 is 2.00 bits per heavy atom. The lowest BCUT2D eigenvalue weighted by molar-refractivity contribution is -0.147. The fourth-order valence-corrected chi connectivity index (χ4v) is 3.65. The predicted molar refractivity (Wildman–Crippen MR) is 60.8 cm³/mol. The van der Waals surface area contributed by atoms with Gasteiger partial charge in [0.05, 0.1) is 24.5 Å². The largest absolute Gasteiger partial charge is 0.469 e. The van der Waals surface area contributed by atoms with E-state index in [1.165, 1.54) is 7.11 Å². The Morgan fingerprint density at radius 3 is 2.44 bits per heavy atom. The highest BCUT2D eigenvalue weighted by molar-refractivity contribution is 7.91. The molecule has 1 heterocycles. The minimum absolute atomic E-state index is 0.114. The van der Waals surface area contributed by atoms with Gasteiger partial charge in [0.15, 0.2) is 0 Å². The van der Waals surface area contributed by atoms with Crippen molar-refractivity contribution in [3.05, 3.63) is 0 Å². The molecule has 0 aromatic rings. The second kappa shape index (κ2) is 5.63. The molecule has 0 aromatic carbocycles. The summed E-state index contributed by atoms with van der Waals surface area (Å²) in [7, 11) is 0.270. The number of sulfone groups is 1. The minimum atomic E-state index is -2.87. The van der Waals surface area contributed by atoms with E-state index in [9.17, 15) is 13.2 Å². The molecule has 0 aliphatic carbocycles. The van der Waals surface area contributed by atoms with Crippen molar-refractivity contribution >= 4 is 15.8 Å². The molecule has 6 heteroatoms. The summed E-state index contributed by atoms with van der Waals surface area (Å²) in [5.74, 6) is 0.0107. The van der Waals surface area contributed by atoms with E-state index in [4.69, 9.17) is 4.74 Å². The van der Waals surface area contributed by atoms with Crippen LogP contribution in [-0.4, -0.2) is 46.6 Å². The van der Waals surface area contributed by atoms with Gasteiger partial charge < -0.3 is 10.1 Å². The van der Waals surface area contributed by atoms with Crippen LogP contribution in [-0.2, 0) is 19.4 Å². The molecular formula is C10H19NO4S. The molecule has 1 atom stereocenters. The fraction of sp³-hybridized carbons (Fsp3) is 0.900. The van der Waals surface area contributed by atoms with Gasteiger partial charge in [-0.2, -0.15) is 0 Å². The van der Waals surface area contributed by atoms with Gasteiger partial charge in [-0.3, -0.25) is 4.79 Å². The molecule has 0 bridgehead atoms. The zero-order valence-electron chi connectivity index (χ0n) is 9.73. The molecule has 0 aromatic heterocycles. The van der Waals surface area contributed by atoms with Gasteiger partial charge in [0.2, 0.25) is 0 Å². The number of carbonyl (C=O) groups is 1. The zero-order chi connectivity index (χ0) is 12.2. The average Bonchev–Trinajstić information content (AvgIpc) is 2.25. The van der Waals surface area contributed by atoms with Crippen molar-refractivity contribution in [2.24, 2.45) is 11.8 Å². The first-order valence-corrected chi connectivity index (χ1v) is 7.25. The monoisotopic (exact) mass is 249 g/mol. The molecule has 1 N–H and O–H groups in total. The highest BCUT2D eigenvalue weighted by atomic mass is 32.2. The quantitative estimate of drug-likeness (QED) is 0.700. The van der Waals surface area contributed by atoms with Crippen molar-refractivity contribution in [2.45, 2.75) is 12.8 Å². The summed E-state index contributed by atoms with van der Waals surface area (Å²) in [5.41, 5.74) is 0. The third kappa shape index (κ3) is 3.45. The van der Waals surface area contributed by atoms with Gasteiger partial charge in [0.25, 0.3) is 0 Å². The van der Waals surface area contributed by atoms with E-state index >= 15 is 0 Å². The lowest BCUT2D eigenvalue weighted by Gasteiger charge is -2.28. The molecule has 94 valence electrons. The first kappa shape index (κ1) is 13.4. The van der Waals surface area contributed by atoms with Gasteiger partial charge >= 0.3 is 5.97 Å². The Labute approximate surface area is 96.5 Å². The summed E-state index contributed by atoms with van der Waals surface area (Å²) in [5, 5.41) is 2.95. The number of esters is 1. The Hall–Kier alpha value is -0.620. The van der Waals surface area contributed by atoms with Gasteiger partial charge in [0, 0.05) is 6.54 Å². The van der Waals surface area contributed by atoms with Crippen LogP contribution in [0.4, 0.5) is 0 Å². The Morgan fingerprint density at radius 1 is 1.44 bits per heavy atom. The SMILES string of the molecule is CNCC(C(=O)OC)C1CCS(=O)(=O)CC1. The number of rotatable bonds is 4. The summed E-state index contributed by atoms with van der Waals surface area (Å²) in [6.07, 6.45) is 1.12. The second-order valence-electron chi connectivity index (χ2n) is 4.18. The van der Waals surface area contributed by atoms with Gasteiger partial charge in [-0.15, -0.1) is 0 Å². The lowest BCUT2D eigenvalue weighted by atomic mass is 9.87. The minimum Gasteiger partial charge on any atom is -0.469 e. The van der Waals surface area contributed by atoms with Crippen LogP contribution in [0.1, 0.15) is 12.8 Å². The fourth-order valence-electron chi connectivity index (χ4n) is 2.12. The molecule has 1 saturated heterocycles. The molecule has 5 nitrogen and oxygen atoms in total. The summed E-state index contributed by atoms with van der Waals surface area (Å²) >= 11 is 0. The van der Waals surface area contributed by atoms with Crippen LogP contribution < -0.4 is 5.32 Å². The zero-order valence-corrected chi connectivity index (χ0v) is 10.5. The molecule has 0 radical (unpaired) electrons. The molecule has 1 aliphatic rings. The molecule has 1 rings (SSSR count). The van der Waals surface area contributed by atoms with Crippen LogP contribution in [0.5, 0.6) is 0 Å². The smallest absolute Gasteiger partial charge is 0.310 e. The summed E-state index contributed by atoms with van der Waals surface area (Å²) in [6.45, 7) is 0.539. The van der Waals surface area contributed by atoms with Crippen LogP contribution >= 0.6 is 0 Å². The summed E-state index contributed by atoms with van der Waals surface area (Å²) in [4.78, 5) is 11.6. The maximum Gasteiger partial charge on any atom is 0.310 e. The van der Waals surface area contributed by atoms with Crippen molar-refractivity contribution in [3.8, 4) is 0 Å². The van der Waals surface area contributed by atoms with Gasteiger partial charge in [0.1, 0.15) is 9.84 Å². The van der Waals surface area contributed by atoms with Crippen LogP contribution in [0.25, 0.3) is 0 Å². The second-order valence-corrected chi connectivity index (χ2v) is 6.48. The molecule has 1 fully saturated rings. The Kier molecular flexibility index (Phi) is 4.73. The van der Waals surface area contributed by atoms with Gasteiger partial charge in [-0.25, -0.2) is 8.42 Å². The van der Waals surface area contributed by atoms with E-state index in [-0.39, 0.29) is 29.3 Å². The van der Waals surface area contributed by atoms with Crippen molar-refractivity contribution < 1.29 is 17.9 Å². The molecule has 1 unspecified atom stereocenters. The highest BCUT2D eigenvalue weighted by Gasteiger charge is 2.33. The molecular weight excluding hydrogens is 230 g/mol. The molecule has 1 aliphatic heterocycles. The van der Waals surface area contributed by atoms with E-state index in [2.05, 4.69) is 5.32 Å². The lowest BCUT2D eigenvalue weighted by Crippen LogP contribution is -2.37. The first-order valence-electron chi connectivity index (χ1n) is 5.43. The number of nitrogens with one attached hydrogen (secondary N) is 1. The molecule has 0 saturated carbocycles. The number of hydrogen-bond donors (Lipinski definition) is 1. The van der Waals surface area contributed by atoms with Crippen molar-refractivity contribution in [1.82, 2.24) is 5.32 Å². The van der Waals surface area contributed by atoms with Crippen molar-refractivity contribution in [2.75, 3.05) is 32.2 Å². The average molecular weight is 249 g/mol. The number of ether oxygens (including phenoxy) is 1. The molecule has 0 spiro atoms. The molecule has 0 amide bonds. The van der Waals surface area contributed by atoms with Crippen LogP contribution in [0.2, 0.25) is 0 Å². The van der Waals surface area contributed by atoms with Crippen molar-refractivity contribution in [3.63, 3.8) is 0 Å². The Bertz CT molecular complexity index is 325. The number of methoxy groups -OCH3 is 1. The van der Waals surface area contributed by atoms with Crippen LogP contribution in [0, 0.1) is 11.8 Å². The standard InChI is InChI=1S/C10H19NO4S/c1-11-7-9(10(12)15-2)8-3-5-16(13,14)6-4-8/h8-9,11H,3-7H2,1-2H3. The third-order valence-corrected chi connectivity index (χ3v) is 4.81. The van der Waals surface area contributed by atoms with Crippen molar-refractivity contribution in [1.29, 1.82) is 0 Å². The van der Waals surface area contributed by atoms with E-state index in [0.717, 1.165) is 0 Å². The van der Waals surface area contributed by atoms with Crippen LogP contribution in [0.3, 0.4) is 0 Å². The maximum absolute atomic E-state index is 11.6. The maximum atomic E-state index is 11.6. The first-order chi connectivity index (χ1) is 7.50. The normalized spacial score (nSPS) is 22.6.